The fourth-order valence-corrected chi connectivity index (χ4v) is 3.20. The number of Topliss-reactive ketones (excluding diaryl/α,β-unsaturated/α-hetero) is 1. The molecule has 3 rings (SSSR count). The van der Waals surface area contributed by atoms with Crippen LogP contribution in [0.4, 0.5) is 4.39 Å². The molecule has 1 aliphatic rings. The van der Waals surface area contributed by atoms with E-state index in [1.807, 2.05) is 0 Å². The van der Waals surface area contributed by atoms with E-state index >= 15 is 0 Å². The first-order chi connectivity index (χ1) is 9.63. The van der Waals surface area contributed by atoms with Crippen molar-refractivity contribution in [3.05, 3.63) is 35.8 Å². The molecule has 0 amide bonds. The number of piperidine rings is 1. The number of rotatable bonds is 3. The fourth-order valence-electron chi connectivity index (χ4n) is 3.20. The molecule has 2 N–H and O–H groups in total. The van der Waals surface area contributed by atoms with Gasteiger partial charge in [0, 0.05) is 28.6 Å². The van der Waals surface area contributed by atoms with Crippen LogP contribution >= 0.6 is 0 Å². The SMILES string of the molecule is C[C@@H]1CCC[NH+](CC(=O)c2c[nH]c3ccc(F)cc23)C1. The molecule has 106 valence electrons. The predicted molar refractivity (Wildman–Crippen MR) is 76.5 cm³/mol. The molecule has 1 aromatic carbocycles. The third-order valence-corrected chi connectivity index (χ3v) is 4.22. The van der Waals surface area contributed by atoms with Crippen LogP contribution in [0.2, 0.25) is 0 Å². The summed E-state index contributed by atoms with van der Waals surface area (Å²) in [7, 11) is 0. The molecule has 2 atom stereocenters. The van der Waals surface area contributed by atoms with Crippen molar-refractivity contribution < 1.29 is 14.1 Å². The molecule has 1 aromatic heterocycles. The second-order valence-corrected chi connectivity index (χ2v) is 5.94. The Labute approximate surface area is 117 Å². The lowest BCUT2D eigenvalue weighted by Gasteiger charge is -2.27. The number of carbonyl (C=O) groups is 1. The zero-order valence-electron chi connectivity index (χ0n) is 11.7. The Morgan fingerprint density at radius 3 is 3.15 bits per heavy atom. The van der Waals surface area contributed by atoms with Gasteiger partial charge in [-0.2, -0.15) is 0 Å². The summed E-state index contributed by atoms with van der Waals surface area (Å²) in [6.45, 7) is 4.87. The topological polar surface area (TPSA) is 37.3 Å². The van der Waals surface area contributed by atoms with Crippen molar-refractivity contribution in [3.8, 4) is 0 Å². The van der Waals surface area contributed by atoms with Crippen molar-refractivity contribution in [1.29, 1.82) is 0 Å². The minimum atomic E-state index is -0.301. The highest BCUT2D eigenvalue weighted by Crippen LogP contribution is 2.19. The van der Waals surface area contributed by atoms with Crippen molar-refractivity contribution in [2.24, 2.45) is 5.92 Å². The predicted octanol–water partition coefficient (Wildman–Crippen LogP) is 1.80. The van der Waals surface area contributed by atoms with Crippen molar-refractivity contribution in [3.63, 3.8) is 0 Å². The van der Waals surface area contributed by atoms with Crippen molar-refractivity contribution in [1.82, 2.24) is 4.98 Å². The van der Waals surface area contributed by atoms with E-state index in [2.05, 4.69) is 11.9 Å². The minimum Gasteiger partial charge on any atom is -0.360 e. The molecule has 2 heterocycles. The summed E-state index contributed by atoms with van der Waals surface area (Å²) >= 11 is 0. The molecule has 1 unspecified atom stereocenters. The van der Waals surface area contributed by atoms with E-state index in [9.17, 15) is 9.18 Å². The Bertz CT molecular complexity index is 634. The van der Waals surface area contributed by atoms with Crippen LogP contribution in [0.1, 0.15) is 30.1 Å². The number of likely N-dealkylation sites (tertiary alicyclic amines) is 1. The molecule has 1 fully saturated rings. The highest BCUT2D eigenvalue weighted by molar-refractivity contribution is 6.08. The number of quaternary nitrogens is 1. The van der Waals surface area contributed by atoms with Crippen LogP contribution in [-0.2, 0) is 0 Å². The lowest BCUT2D eigenvalue weighted by Crippen LogP contribution is -3.14. The normalized spacial score (nSPS) is 23.1. The van der Waals surface area contributed by atoms with Crippen molar-refractivity contribution in [2.45, 2.75) is 19.8 Å². The number of carbonyl (C=O) groups excluding carboxylic acids is 1. The van der Waals surface area contributed by atoms with Gasteiger partial charge in [0.15, 0.2) is 0 Å². The smallest absolute Gasteiger partial charge is 0.219 e. The van der Waals surface area contributed by atoms with Gasteiger partial charge in [-0.1, -0.05) is 6.92 Å². The molecule has 20 heavy (non-hydrogen) atoms. The van der Waals surface area contributed by atoms with Crippen LogP contribution < -0.4 is 4.90 Å². The van der Waals surface area contributed by atoms with E-state index in [4.69, 9.17) is 0 Å². The molecule has 0 bridgehead atoms. The molecular formula is C16H20FN2O+. The first-order valence-electron chi connectivity index (χ1n) is 7.27. The molecule has 1 aliphatic heterocycles. The maximum Gasteiger partial charge on any atom is 0.219 e. The number of H-pyrrole nitrogens is 1. The summed E-state index contributed by atoms with van der Waals surface area (Å²) < 4.78 is 13.3. The third kappa shape index (κ3) is 2.61. The maximum absolute atomic E-state index is 13.3. The maximum atomic E-state index is 13.3. The second kappa shape index (κ2) is 5.37. The molecule has 3 nitrogen and oxygen atoms in total. The summed E-state index contributed by atoms with van der Waals surface area (Å²) in [5.74, 6) is 0.489. The average molecular weight is 275 g/mol. The van der Waals surface area contributed by atoms with Gasteiger partial charge in [-0.05, 0) is 31.0 Å². The van der Waals surface area contributed by atoms with Crippen LogP contribution in [-0.4, -0.2) is 30.4 Å². The highest BCUT2D eigenvalue weighted by Gasteiger charge is 2.23. The van der Waals surface area contributed by atoms with Gasteiger partial charge >= 0.3 is 0 Å². The van der Waals surface area contributed by atoms with Crippen LogP contribution in [0.15, 0.2) is 24.4 Å². The zero-order valence-corrected chi connectivity index (χ0v) is 11.7. The van der Waals surface area contributed by atoms with E-state index in [0.717, 1.165) is 18.6 Å². The van der Waals surface area contributed by atoms with Gasteiger partial charge in [-0.3, -0.25) is 4.79 Å². The Kier molecular flexibility index (Phi) is 3.57. The molecule has 0 aliphatic carbocycles. The summed E-state index contributed by atoms with van der Waals surface area (Å²) in [6, 6.07) is 4.52. The molecule has 0 saturated carbocycles. The standard InChI is InChI=1S/C16H19FN2O/c1-11-3-2-6-19(9-11)10-16(20)14-8-18-15-5-4-12(17)7-13(14)15/h4-5,7-8,11,18H,2-3,6,9-10H2,1H3/p+1/t11-/m1/s1. The third-order valence-electron chi connectivity index (χ3n) is 4.22. The Morgan fingerprint density at radius 1 is 1.50 bits per heavy atom. The number of hydrogen-bond acceptors (Lipinski definition) is 1. The highest BCUT2D eigenvalue weighted by atomic mass is 19.1. The lowest BCUT2D eigenvalue weighted by atomic mass is 9.99. The number of nitrogens with one attached hydrogen (secondary N) is 2. The van der Waals surface area contributed by atoms with E-state index in [1.165, 1.54) is 29.9 Å². The number of halogens is 1. The number of aromatic nitrogens is 1. The van der Waals surface area contributed by atoms with Gasteiger partial charge in [-0.25, -0.2) is 4.39 Å². The number of hydrogen-bond donors (Lipinski definition) is 2. The molecule has 0 radical (unpaired) electrons. The summed E-state index contributed by atoms with van der Waals surface area (Å²) in [6.07, 6.45) is 4.15. The van der Waals surface area contributed by atoms with Gasteiger partial charge in [0.05, 0.1) is 13.1 Å². The first-order valence-corrected chi connectivity index (χ1v) is 7.27. The van der Waals surface area contributed by atoms with Crippen LogP contribution in [0, 0.1) is 11.7 Å². The van der Waals surface area contributed by atoms with E-state index in [0.29, 0.717) is 23.4 Å². The van der Waals surface area contributed by atoms with E-state index in [-0.39, 0.29) is 11.6 Å². The minimum absolute atomic E-state index is 0.103. The molecule has 2 aromatic rings. The number of fused-ring (bicyclic) bond motifs is 1. The largest absolute Gasteiger partial charge is 0.360 e. The zero-order chi connectivity index (χ0) is 14.1. The average Bonchev–Trinajstić information content (AvgIpc) is 2.81. The van der Waals surface area contributed by atoms with Crippen LogP contribution in [0.25, 0.3) is 10.9 Å². The van der Waals surface area contributed by atoms with Gasteiger partial charge in [-0.15, -0.1) is 0 Å². The van der Waals surface area contributed by atoms with E-state index < -0.39 is 0 Å². The van der Waals surface area contributed by atoms with Gasteiger partial charge < -0.3 is 9.88 Å². The molecular weight excluding hydrogens is 255 g/mol. The summed E-state index contributed by atoms with van der Waals surface area (Å²) in [4.78, 5) is 16.8. The molecule has 4 heteroatoms. The van der Waals surface area contributed by atoms with Gasteiger partial charge in [0.2, 0.25) is 5.78 Å². The number of aromatic amines is 1. The van der Waals surface area contributed by atoms with Crippen molar-refractivity contribution >= 4 is 16.7 Å². The summed E-state index contributed by atoms with van der Waals surface area (Å²) in [5, 5.41) is 0.694. The van der Waals surface area contributed by atoms with Crippen LogP contribution in [0.3, 0.4) is 0 Å². The fraction of sp³-hybridized carbons (Fsp3) is 0.438. The number of ketones is 1. The second-order valence-electron chi connectivity index (χ2n) is 5.94. The molecule has 0 spiro atoms. The van der Waals surface area contributed by atoms with E-state index in [1.54, 1.807) is 12.3 Å². The summed E-state index contributed by atoms with van der Waals surface area (Å²) in [5.41, 5.74) is 1.43. The first kappa shape index (κ1) is 13.3. The lowest BCUT2D eigenvalue weighted by molar-refractivity contribution is -0.900. The van der Waals surface area contributed by atoms with Crippen LogP contribution in [0.5, 0.6) is 0 Å². The quantitative estimate of drug-likeness (QED) is 0.824. The Morgan fingerprint density at radius 2 is 2.35 bits per heavy atom. The number of benzene rings is 1. The van der Waals surface area contributed by atoms with Crippen molar-refractivity contribution in [2.75, 3.05) is 19.6 Å². The molecule has 1 saturated heterocycles. The van der Waals surface area contributed by atoms with Gasteiger partial charge in [0.1, 0.15) is 12.4 Å². The van der Waals surface area contributed by atoms with Gasteiger partial charge in [0.25, 0.3) is 0 Å². The Balaban J connectivity index is 1.80. The monoisotopic (exact) mass is 275 g/mol. The Hall–Kier alpha value is -1.68.